The summed E-state index contributed by atoms with van der Waals surface area (Å²) in [4.78, 5) is 14.0. The first kappa shape index (κ1) is 15.9. The minimum Gasteiger partial charge on any atom is -0.334 e. The lowest BCUT2D eigenvalue weighted by Gasteiger charge is -2.20. The lowest BCUT2D eigenvalue weighted by molar-refractivity contribution is 0.0751. The Bertz CT molecular complexity index is 708. The van der Waals surface area contributed by atoms with Crippen LogP contribution in [-0.4, -0.2) is 17.4 Å². The van der Waals surface area contributed by atoms with Crippen LogP contribution in [0.25, 0.3) is 0 Å². The molecule has 108 valence electrons. The Labute approximate surface area is 140 Å². The Kier molecular flexibility index (Phi) is 5.31. The second kappa shape index (κ2) is 7.00. The van der Waals surface area contributed by atoms with Gasteiger partial charge in [0.15, 0.2) is 0 Å². The molecule has 0 aliphatic heterocycles. The van der Waals surface area contributed by atoms with E-state index in [1.165, 1.54) is 17.4 Å². The number of rotatable bonds is 4. The summed E-state index contributed by atoms with van der Waals surface area (Å²) in [6.45, 7) is 2.54. The number of benzene rings is 1. The van der Waals surface area contributed by atoms with Crippen LogP contribution in [0.1, 0.15) is 28.4 Å². The number of nitriles is 1. The van der Waals surface area contributed by atoms with E-state index >= 15 is 0 Å². The van der Waals surface area contributed by atoms with Gasteiger partial charge in [-0.3, -0.25) is 4.79 Å². The molecule has 0 atom stereocenters. The highest BCUT2D eigenvalue weighted by molar-refractivity contribution is 14.1. The van der Waals surface area contributed by atoms with E-state index in [4.69, 9.17) is 5.26 Å². The Morgan fingerprint density at radius 3 is 2.76 bits per heavy atom. The summed E-state index contributed by atoms with van der Waals surface area (Å²) in [7, 11) is 0. The molecular formula is C15H12FIN2OS. The summed E-state index contributed by atoms with van der Waals surface area (Å²) in [6.07, 6.45) is 0. The number of hydrogen-bond acceptors (Lipinski definition) is 3. The monoisotopic (exact) mass is 414 g/mol. The van der Waals surface area contributed by atoms with Crippen LogP contribution in [0.4, 0.5) is 4.39 Å². The summed E-state index contributed by atoms with van der Waals surface area (Å²) in [5.74, 6) is -0.569. The van der Waals surface area contributed by atoms with E-state index in [9.17, 15) is 9.18 Å². The second-order valence-corrected chi connectivity index (χ2v) is 7.18. The maximum Gasteiger partial charge on any atom is 0.255 e. The summed E-state index contributed by atoms with van der Waals surface area (Å²) in [5, 5.41) is 10.5. The molecule has 0 bridgehead atoms. The molecule has 2 aromatic rings. The van der Waals surface area contributed by atoms with Crippen LogP contribution in [-0.2, 0) is 6.54 Å². The molecule has 1 heterocycles. The first-order chi connectivity index (χ1) is 10.0. The third kappa shape index (κ3) is 3.80. The van der Waals surface area contributed by atoms with Crippen molar-refractivity contribution in [3.8, 4) is 6.07 Å². The molecule has 0 saturated heterocycles. The number of halogens is 2. The molecule has 1 amide bonds. The van der Waals surface area contributed by atoms with Crippen LogP contribution in [0.3, 0.4) is 0 Å². The lowest BCUT2D eigenvalue weighted by Crippen LogP contribution is -2.30. The van der Waals surface area contributed by atoms with E-state index in [1.807, 2.05) is 24.4 Å². The van der Waals surface area contributed by atoms with Gasteiger partial charge in [-0.05, 0) is 47.7 Å². The number of amides is 1. The first-order valence-electron chi connectivity index (χ1n) is 6.27. The minimum absolute atomic E-state index is 0.111. The zero-order valence-corrected chi connectivity index (χ0v) is 14.2. The molecule has 3 nitrogen and oxygen atoms in total. The standard InChI is InChI=1S/C15H12FIN2OS/c1-2-19(15(20)12-6-14(17)21-9-12)8-11-4-3-10(7-18)5-13(11)16/h3-6,9H,2,8H2,1H3. The van der Waals surface area contributed by atoms with Crippen LogP contribution in [0.2, 0.25) is 0 Å². The van der Waals surface area contributed by atoms with Gasteiger partial charge in [-0.25, -0.2) is 4.39 Å². The third-order valence-corrected chi connectivity index (χ3v) is 4.82. The van der Waals surface area contributed by atoms with Gasteiger partial charge in [0.1, 0.15) is 5.82 Å². The highest BCUT2D eigenvalue weighted by atomic mass is 127. The van der Waals surface area contributed by atoms with Gasteiger partial charge in [-0.15, -0.1) is 11.3 Å². The molecule has 0 spiro atoms. The topological polar surface area (TPSA) is 44.1 Å². The van der Waals surface area contributed by atoms with Crippen molar-refractivity contribution >= 4 is 39.8 Å². The fourth-order valence-corrected chi connectivity index (χ4v) is 3.20. The van der Waals surface area contributed by atoms with Gasteiger partial charge < -0.3 is 4.90 Å². The largest absolute Gasteiger partial charge is 0.334 e. The normalized spacial score (nSPS) is 10.2. The highest BCUT2D eigenvalue weighted by Crippen LogP contribution is 2.20. The molecule has 0 aliphatic rings. The maximum absolute atomic E-state index is 13.9. The van der Waals surface area contributed by atoms with E-state index in [0.29, 0.717) is 17.7 Å². The van der Waals surface area contributed by atoms with Gasteiger partial charge in [0.2, 0.25) is 0 Å². The van der Waals surface area contributed by atoms with E-state index < -0.39 is 5.82 Å². The quantitative estimate of drug-likeness (QED) is 0.710. The average Bonchev–Trinajstić information content (AvgIpc) is 2.92. The summed E-state index contributed by atoms with van der Waals surface area (Å²) in [6, 6.07) is 8.03. The lowest BCUT2D eigenvalue weighted by atomic mass is 10.1. The van der Waals surface area contributed by atoms with Crippen molar-refractivity contribution in [2.75, 3.05) is 6.54 Å². The molecule has 0 N–H and O–H groups in total. The molecule has 0 saturated carbocycles. The van der Waals surface area contributed by atoms with Crippen molar-refractivity contribution in [1.29, 1.82) is 5.26 Å². The van der Waals surface area contributed by atoms with Gasteiger partial charge in [0.05, 0.1) is 20.1 Å². The summed E-state index contributed by atoms with van der Waals surface area (Å²) >= 11 is 3.67. The van der Waals surface area contributed by atoms with Gasteiger partial charge in [-0.2, -0.15) is 5.26 Å². The average molecular weight is 414 g/mol. The molecular weight excluding hydrogens is 402 g/mol. The SMILES string of the molecule is CCN(Cc1ccc(C#N)cc1F)C(=O)c1csc(I)c1. The number of carbonyl (C=O) groups excluding carboxylic acids is 1. The Morgan fingerprint density at radius 1 is 1.48 bits per heavy atom. The molecule has 0 fully saturated rings. The Balaban J connectivity index is 2.19. The fraction of sp³-hybridized carbons (Fsp3) is 0.200. The van der Waals surface area contributed by atoms with Crippen LogP contribution < -0.4 is 0 Å². The zero-order chi connectivity index (χ0) is 15.4. The molecule has 0 aliphatic carbocycles. The minimum atomic E-state index is -0.458. The van der Waals surface area contributed by atoms with Gasteiger partial charge >= 0.3 is 0 Å². The third-order valence-electron chi connectivity index (χ3n) is 3.03. The van der Waals surface area contributed by atoms with Crippen molar-refractivity contribution in [3.05, 3.63) is 55.0 Å². The predicted octanol–water partition coefficient (Wildman–Crippen LogP) is 4.03. The van der Waals surface area contributed by atoms with Crippen molar-refractivity contribution in [2.45, 2.75) is 13.5 Å². The van der Waals surface area contributed by atoms with Crippen molar-refractivity contribution in [1.82, 2.24) is 4.90 Å². The zero-order valence-electron chi connectivity index (χ0n) is 11.3. The number of thiophene rings is 1. The van der Waals surface area contributed by atoms with Crippen molar-refractivity contribution in [3.63, 3.8) is 0 Å². The van der Waals surface area contributed by atoms with Crippen molar-refractivity contribution < 1.29 is 9.18 Å². The molecule has 6 heteroatoms. The van der Waals surface area contributed by atoms with Crippen LogP contribution in [0.5, 0.6) is 0 Å². The maximum atomic E-state index is 13.9. The van der Waals surface area contributed by atoms with E-state index in [1.54, 1.807) is 17.0 Å². The predicted molar refractivity (Wildman–Crippen MR) is 88.6 cm³/mol. The van der Waals surface area contributed by atoms with Crippen LogP contribution in [0, 0.1) is 20.0 Å². The molecule has 0 radical (unpaired) electrons. The number of hydrogen-bond donors (Lipinski definition) is 0. The first-order valence-corrected chi connectivity index (χ1v) is 8.22. The van der Waals surface area contributed by atoms with Gasteiger partial charge in [-0.1, -0.05) is 6.07 Å². The molecule has 0 unspecified atom stereocenters. The fourth-order valence-electron chi connectivity index (χ4n) is 1.88. The van der Waals surface area contributed by atoms with Gasteiger partial charge in [0.25, 0.3) is 5.91 Å². The van der Waals surface area contributed by atoms with E-state index in [-0.39, 0.29) is 18.0 Å². The van der Waals surface area contributed by atoms with Crippen LogP contribution in [0.15, 0.2) is 29.6 Å². The highest BCUT2D eigenvalue weighted by Gasteiger charge is 2.17. The van der Waals surface area contributed by atoms with E-state index in [2.05, 4.69) is 22.6 Å². The smallest absolute Gasteiger partial charge is 0.255 e. The van der Waals surface area contributed by atoms with Crippen molar-refractivity contribution in [2.24, 2.45) is 0 Å². The summed E-state index contributed by atoms with van der Waals surface area (Å²) in [5.41, 5.74) is 1.31. The molecule has 1 aromatic carbocycles. The van der Waals surface area contributed by atoms with Gasteiger partial charge in [0, 0.05) is 24.0 Å². The molecule has 21 heavy (non-hydrogen) atoms. The summed E-state index contributed by atoms with van der Waals surface area (Å²) < 4.78 is 15.0. The second-order valence-electron chi connectivity index (χ2n) is 4.38. The number of nitrogens with zero attached hydrogens (tertiary/aromatic N) is 2. The van der Waals surface area contributed by atoms with Crippen LogP contribution >= 0.6 is 33.9 Å². The molecule has 2 rings (SSSR count). The number of carbonyl (C=O) groups is 1. The Morgan fingerprint density at radius 2 is 2.24 bits per heavy atom. The molecule has 1 aromatic heterocycles. The van der Waals surface area contributed by atoms with E-state index in [0.717, 1.165) is 2.88 Å². The Hall–Kier alpha value is -1.46.